The molecule has 9 rings (SSSR count). The number of pyridine rings is 1. The Morgan fingerprint density at radius 3 is 2.35 bits per heavy atom. The number of benzene rings is 6. The molecule has 9 aromatic rings. The minimum atomic E-state index is -2.18. The summed E-state index contributed by atoms with van der Waals surface area (Å²) in [5.41, 5.74) is 10.9. The second-order valence-corrected chi connectivity index (χ2v) is 13.0. The summed E-state index contributed by atoms with van der Waals surface area (Å²) >= 11 is 0. The number of hydrogen-bond donors (Lipinski definition) is 0. The van der Waals surface area contributed by atoms with E-state index in [1.807, 2.05) is 48.5 Å². The number of rotatable bonds is 5. The van der Waals surface area contributed by atoms with Crippen LogP contribution < -0.4 is 0 Å². The Kier molecular flexibility index (Phi) is 8.40. The van der Waals surface area contributed by atoms with Gasteiger partial charge in [0.1, 0.15) is 5.58 Å². The van der Waals surface area contributed by atoms with Gasteiger partial charge in [-0.05, 0) is 77.1 Å². The third-order valence-corrected chi connectivity index (χ3v) is 9.20. The molecule has 5 nitrogen and oxygen atoms in total. The van der Waals surface area contributed by atoms with Crippen LogP contribution in [-0.2, 0) is 20.1 Å². The molecule has 0 aliphatic rings. The fourth-order valence-electron chi connectivity index (χ4n) is 6.58. The number of fused-ring (bicyclic) bond motifs is 4. The number of nitriles is 1. The van der Waals surface area contributed by atoms with Crippen LogP contribution in [0.4, 0.5) is 0 Å². The minimum Gasteiger partial charge on any atom is -0.500 e. The van der Waals surface area contributed by atoms with Gasteiger partial charge in [-0.15, -0.1) is 53.6 Å². The van der Waals surface area contributed by atoms with E-state index in [-0.39, 0.29) is 37.2 Å². The minimum absolute atomic E-state index is 0. The topological polar surface area (TPSA) is 67.6 Å². The van der Waals surface area contributed by atoms with Crippen LogP contribution in [0.1, 0.15) is 50.2 Å². The molecular weight excluding hydrogens is 841 g/mol. The van der Waals surface area contributed by atoms with Gasteiger partial charge >= 0.3 is 0 Å². The van der Waals surface area contributed by atoms with Crippen LogP contribution in [0.5, 0.6) is 0 Å². The van der Waals surface area contributed by atoms with Crippen LogP contribution in [0.3, 0.4) is 0 Å². The van der Waals surface area contributed by atoms with Crippen LogP contribution in [0, 0.1) is 37.2 Å². The van der Waals surface area contributed by atoms with E-state index in [2.05, 4.69) is 90.1 Å². The van der Waals surface area contributed by atoms with Gasteiger partial charge in [0.2, 0.25) is 0 Å². The summed E-state index contributed by atoms with van der Waals surface area (Å²) in [4.78, 5) is 9.19. The fraction of sp³-hybridized carbons (Fsp3) is 0.104. The largest absolute Gasteiger partial charge is 0.500 e. The summed E-state index contributed by atoms with van der Waals surface area (Å²) in [6.45, 7) is 0.116. The summed E-state index contributed by atoms with van der Waals surface area (Å²) in [6, 6.07) is 51.0. The van der Waals surface area contributed by atoms with Crippen molar-refractivity contribution in [1.29, 1.82) is 5.26 Å². The van der Waals surface area contributed by atoms with Gasteiger partial charge < -0.3 is 14.0 Å². The molecule has 0 spiro atoms. The first-order valence-corrected chi connectivity index (χ1v) is 17.2. The Bertz CT molecular complexity index is 2940. The maximum Gasteiger partial charge on any atom is 0.122 e. The van der Waals surface area contributed by atoms with Crippen LogP contribution >= 0.6 is 0 Å². The maximum absolute atomic E-state index is 9.40. The van der Waals surface area contributed by atoms with Gasteiger partial charge in [-0.1, -0.05) is 98.4 Å². The van der Waals surface area contributed by atoms with E-state index in [1.54, 1.807) is 18.2 Å². The van der Waals surface area contributed by atoms with Gasteiger partial charge in [0.25, 0.3) is 0 Å². The summed E-state index contributed by atoms with van der Waals surface area (Å²) in [5, 5.41) is 11.3. The summed E-state index contributed by atoms with van der Waals surface area (Å²) in [5.74, 6) is 1.06. The van der Waals surface area contributed by atoms with E-state index >= 15 is 0 Å². The first-order chi connectivity index (χ1) is 28.3. The van der Waals surface area contributed by atoms with Gasteiger partial charge in [-0.3, -0.25) is 4.98 Å². The van der Waals surface area contributed by atoms with Gasteiger partial charge in [0.05, 0.1) is 34.1 Å². The number of para-hydroxylation sites is 2. The van der Waals surface area contributed by atoms with E-state index in [4.69, 9.17) is 17.6 Å². The molecule has 6 heteroatoms. The summed E-state index contributed by atoms with van der Waals surface area (Å²) in [6.07, 6.45) is 1.30. The van der Waals surface area contributed by atoms with Crippen molar-refractivity contribution in [2.45, 2.75) is 33.5 Å². The van der Waals surface area contributed by atoms with Gasteiger partial charge in [-0.25, -0.2) is 0 Å². The average molecular weight is 883 g/mol. The van der Waals surface area contributed by atoms with Crippen molar-refractivity contribution in [2.75, 3.05) is 0 Å². The first kappa shape index (κ1) is 29.3. The van der Waals surface area contributed by atoms with Gasteiger partial charge in [0, 0.05) is 45.6 Å². The van der Waals surface area contributed by atoms with Gasteiger partial charge in [0.15, 0.2) is 0 Å². The normalized spacial score (nSPS) is 13.1. The molecule has 0 atom stereocenters. The van der Waals surface area contributed by atoms with Crippen molar-refractivity contribution in [3.63, 3.8) is 0 Å². The number of furan rings is 1. The zero-order valence-electron chi connectivity index (χ0n) is 35.4. The molecule has 0 amide bonds. The maximum atomic E-state index is 9.40. The molecule has 0 saturated heterocycles. The molecule has 54 heavy (non-hydrogen) atoms. The smallest absolute Gasteiger partial charge is 0.122 e. The second-order valence-electron chi connectivity index (χ2n) is 13.0. The van der Waals surface area contributed by atoms with Crippen LogP contribution in [-0.4, -0.2) is 14.5 Å². The fourth-order valence-corrected chi connectivity index (χ4v) is 6.58. The van der Waals surface area contributed by atoms with Crippen LogP contribution in [0.25, 0.3) is 72.4 Å². The Morgan fingerprint density at radius 1 is 0.796 bits per heavy atom. The molecule has 0 N–H and O–H groups in total. The third-order valence-electron chi connectivity index (χ3n) is 9.20. The quantitative estimate of drug-likeness (QED) is 0.162. The second kappa shape index (κ2) is 15.5. The number of aryl methyl sites for hydroxylation is 2. The van der Waals surface area contributed by atoms with E-state index in [0.29, 0.717) is 28.0 Å². The van der Waals surface area contributed by atoms with E-state index in [9.17, 15) is 5.26 Å². The number of nitrogens with zero attached hydrogens (tertiary/aromatic N) is 4. The van der Waals surface area contributed by atoms with Gasteiger partial charge in [-0.2, -0.15) is 5.26 Å². The average Bonchev–Trinajstić information content (AvgIpc) is 3.82. The van der Waals surface area contributed by atoms with Crippen molar-refractivity contribution in [3.05, 3.63) is 174 Å². The molecule has 0 aliphatic heterocycles. The van der Waals surface area contributed by atoms with E-state index in [0.717, 1.165) is 38.9 Å². The predicted molar refractivity (Wildman–Crippen MR) is 215 cm³/mol. The standard InChI is InChI=1S/C35H24N3O.C13H12N.Ir/c1-22(2)29-20-25(24-9-4-3-5-10-24)16-18-31(29)38-32-14-7-6-13-30(32)37-35(38)28-12-8-11-27-26-17-15-23(21-36)19-33(26)39-34(27)28;1-10-3-6-12(7-4-10)13-8-5-11(2)9-14-13;/h3-11,13-20,22H,1-2H3;3-6,8-9H,1-2H3;/q2*-1;/i;1D3,2D3;. The Hall–Kier alpha value is -6.12. The Balaban J connectivity index is 0.000000220. The van der Waals surface area contributed by atoms with E-state index < -0.39 is 13.7 Å². The molecule has 6 aromatic carbocycles. The van der Waals surface area contributed by atoms with Crippen molar-refractivity contribution in [1.82, 2.24) is 14.5 Å². The molecule has 265 valence electrons. The van der Waals surface area contributed by atoms with Crippen LogP contribution in [0.15, 0.2) is 144 Å². The van der Waals surface area contributed by atoms with E-state index in [1.165, 1.54) is 41.1 Å². The Morgan fingerprint density at radius 2 is 1.61 bits per heavy atom. The van der Waals surface area contributed by atoms with Crippen molar-refractivity contribution < 1.29 is 32.7 Å². The monoisotopic (exact) mass is 883 g/mol. The summed E-state index contributed by atoms with van der Waals surface area (Å²) in [7, 11) is 0. The molecular formula is C48H36IrN4O-2. The molecule has 3 heterocycles. The molecule has 0 fully saturated rings. The SMILES string of the molecule is CC(C)c1cc(-c2ccccc2)ccc1-n1c(-c2[c-]ccc3c2oc2cc(C#N)ccc23)nc2ccccc21.[2H]C([2H])([2H])c1c[c-]c(-c2ccc(C([2H])([2H])[2H])cn2)cc1.[Ir]. The summed E-state index contributed by atoms with van der Waals surface area (Å²) < 4.78 is 52.3. The number of aromatic nitrogens is 3. The number of hydrogen-bond acceptors (Lipinski definition) is 4. The third kappa shape index (κ3) is 7.00. The molecule has 0 aliphatic carbocycles. The molecule has 0 bridgehead atoms. The predicted octanol–water partition coefficient (Wildman–Crippen LogP) is 12.2. The molecule has 1 radical (unpaired) electrons. The number of imidazole rings is 1. The Labute approximate surface area is 337 Å². The van der Waals surface area contributed by atoms with Crippen molar-refractivity contribution in [3.8, 4) is 45.5 Å². The van der Waals surface area contributed by atoms with Crippen molar-refractivity contribution in [2.24, 2.45) is 0 Å². The molecule has 3 aromatic heterocycles. The first-order valence-electron chi connectivity index (χ1n) is 20.2. The molecule has 0 saturated carbocycles. The van der Waals surface area contributed by atoms with Crippen molar-refractivity contribution >= 4 is 33.0 Å². The zero-order chi connectivity index (χ0) is 41.5. The molecule has 0 unspecified atom stereocenters. The zero-order valence-corrected chi connectivity index (χ0v) is 31.8. The van der Waals surface area contributed by atoms with Crippen LogP contribution in [0.2, 0.25) is 0 Å².